The third-order valence-corrected chi connectivity index (χ3v) is 6.09. The van der Waals surface area contributed by atoms with Gasteiger partial charge in [-0.05, 0) is 25.0 Å². The fourth-order valence-corrected chi connectivity index (χ4v) is 4.67. The van der Waals surface area contributed by atoms with Gasteiger partial charge >= 0.3 is 0 Å². The van der Waals surface area contributed by atoms with Gasteiger partial charge in [0.1, 0.15) is 0 Å². The quantitative estimate of drug-likeness (QED) is 0.794. The predicted octanol–water partition coefficient (Wildman–Crippen LogP) is 3.38. The van der Waals surface area contributed by atoms with E-state index in [0.29, 0.717) is 6.42 Å². The van der Waals surface area contributed by atoms with Crippen LogP contribution in [0.15, 0.2) is 11.0 Å². The van der Waals surface area contributed by atoms with Gasteiger partial charge in [-0.25, -0.2) is 16.8 Å². The molecule has 5 nitrogen and oxygen atoms in total. The summed E-state index contributed by atoms with van der Waals surface area (Å²) in [4.78, 5) is -0.257. The Morgan fingerprint density at radius 1 is 1.20 bits per heavy atom. The van der Waals surface area contributed by atoms with Crippen molar-refractivity contribution in [1.29, 1.82) is 0 Å². The van der Waals surface area contributed by atoms with Gasteiger partial charge in [-0.15, -0.1) is 0 Å². The smallest absolute Gasteiger partial charge is 0.261 e. The average Bonchev–Trinajstić information content (AvgIpc) is 2.27. The van der Waals surface area contributed by atoms with Crippen molar-refractivity contribution in [3.63, 3.8) is 0 Å². The molecule has 1 N–H and O–H groups in total. The van der Waals surface area contributed by atoms with Crippen molar-refractivity contribution in [2.24, 2.45) is 0 Å². The molecule has 0 heterocycles. The van der Waals surface area contributed by atoms with Crippen molar-refractivity contribution in [3.8, 4) is 0 Å². The molecular weight excluding hydrogens is 369 g/mol. The molecule has 0 aliphatic carbocycles. The van der Waals surface area contributed by atoms with Crippen molar-refractivity contribution < 1.29 is 16.8 Å². The van der Waals surface area contributed by atoms with E-state index in [1.54, 1.807) is 6.92 Å². The van der Waals surface area contributed by atoms with Crippen LogP contribution >= 0.6 is 33.9 Å². The van der Waals surface area contributed by atoms with Gasteiger partial charge in [-0.1, -0.05) is 30.1 Å². The molecule has 0 radical (unpaired) electrons. The molecule has 0 saturated heterocycles. The largest absolute Gasteiger partial charge is 0.281 e. The zero-order chi connectivity index (χ0) is 15.7. The van der Waals surface area contributed by atoms with Crippen molar-refractivity contribution in [2.75, 3.05) is 10.5 Å². The molecule has 0 aromatic heterocycles. The maximum absolute atomic E-state index is 11.7. The third kappa shape index (κ3) is 4.14. The molecule has 1 aromatic rings. The fourth-order valence-electron chi connectivity index (χ4n) is 1.52. The number of rotatable bonds is 5. The van der Waals surface area contributed by atoms with Crippen LogP contribution in [0.5, 0.6) is 0 Å². The van der Waals surface area contributed by atoms with E-state index in [0.717, 1.165) is 6.07 Å². The maximum Gasteiger partial charge on any atom is 0.261 e. The lowest BCUT2D eigenvalue weighted by molar-refractivity contribution is 0.599. The molecule has 0 atom stereocenters. The maximum atomic E-state index is 11.7. The number of hydrogen-bond donors (Lipinski definition) is 1. The monoisotopic (exact) mass is 379 g/mol. The lowest BCUT2D eigenvalue weighted by Gasteiger charge is -2.14. The first-order valence-electron chi connectivity index (χ1n) is 5.43. The molecule has 0 unspecified atom stereocenters. The molecule has 0 fully saturated rings. The van der Waals surface area contributed by atoms with Crippen molar-refractivity contribution in [3.05, 3.63) is 21.7 Å². The van der Waals surface area contributed by atoms with E-state index in [4.69, 9.17) is 33.9 Å². The molecule has 0 bridgehead atoms. The molecule has 1 aromatic carbocycles. The van der Waals surface area contributed by atoms with E-state index in [9.17, 15) is 16.8 Å². The summed E-state index contributed by atoms with van der Waals surface area (Å²) in [5.41, 5.74) is 0.0728. The predicted molar refractivity (Wildman–Crippen MR) is 81.9 cm³/mol. The van der Waals surface area contributed by atoms with Gasteiger partial charge in [-0.3, -0.25) is 4.72 Å². The van der Waals surface area contributed by atoms with Gasteiger partial charge in [0.05, 0.1) is 26.4 Å². The Balaban J connectivity index is 3.43. The van der Waals surface area contributed by atoms with Crippen molar-refractivity contribution >= 4 is 58.6 Å². The molecule has 0 spiro atoms. The Labute approximate surface area is 132 Å². The Hall–Kier alpha value is -0.210. The second-order valence-corrected chi connectivity index (χ2v) is 9.19. The van der Waals surface area contributed by atoms with Gasteiger partial charge in [0.15, 0.2) is 0 Å². The van der Waals surface area contributed by atoms with Gasteiger partial charge in [0.2, 0.25) is 10.0 Å². The Morgan fingerprint density at radius 3 is 2.20 bits per heavy atom. The summed E-state index contributed by atoms with van der Waals surface area (Å²) in [5, 5.41) is -0.240. The molecule has 0 aliphatic rings. The Bertz CT molecular complexity index is 729. The summed E-state index contributed by atoms with van der Waals surface area (Å²) >= 11 is 11.9. The normalized spacial score (nSPS) is 12.4. The van der Waals surface area contributed by atoms with Gasteiger partial charge in [0.25, 0.3) is 9.05 Å². The minimum atomic E-state index is -4.02. The lowest BCUT2D eigenvalue weighted by atomic mass is 10.2. The van der Waals surface area contributed by atoms with E-state index >= 15 is 0 Å². The first kappa shape index (κ1) is 17.8. The molecule has 0 aliphatic heterocycles. The van der Waals surface area contributed by atoms with Crippen LogP contribution < -0.4 is 4.72 Å². The summed E-state index contributed by atoms with van der Waals surface area (Å²) in [6.07, 6.45) is 0.414. The van der Waals surface area contributed by atoms with Crippen LogP contribution in [0, 0.1) is 6.92 Å². The van der Waals surface area contributed by atoms with Crippen LogP contribution in [0.3, 0.4) is 0 Å². The summed E-state index contributed by atoms with van der Waals surface area (Å²) in [6, 6.07) is 1.06. The van der Waals surface area contributed by atoms with Gasteiger partial charge in [0, 0.05) is 10.7 Å². The number of anilines is 1. The lowest BCUT2D eigenvalue weighted by Crippen LogP contribution is -2.17. The Morgan fingerprint density at radius 2 is 1.75 bits per heavy atom. The summed E-state index contributed by atoms with van der Waals surface area (Å²) in [6.45, 7) is 3.11. The van der Waals surface area contributed by atoms with Gasteiger partial charge in [-0.2, -0.15) is 0 Å². The highest BCUT2D eigenvalue weighted by atomic mass is 35.7. The highest BCUT2D eigenvalue weighted by Crippen LogP contribution is 2.38. The zero-order valence-corrected chi connectivity index (χ0v) is 14.5. The minimum Gasteiger partial charge on any atom is -0.281 e. The van der Waals surface area contributed by atoms with Gasteiger partial charge < -0.3 is 0 Å². The van der Waals surface area contributed by atoms with E-state index in [-0.39, 0.29) is 31.9 Å². The highest BCUT2D eigenvalue weighted by Gasteiger charge is 2.22. The first-order chi connectivity index (χ1) is 8.99. The molecule has 0 saturated carbocycles. The number of halogens is 3. The zero-order valence-electron chi connectivity index (χ0n) is 10.6. The second kappa shape index (κ2) is 6.27. The van der Waals surface area contributed by atoms with E-state index in [1.807, 2.05) is 0 Å². The standard InChI is InChI=1S/C10H12Cl3NO4S2/c1-3-4-19(15,16)14-10-7(11)5-8(20(13,17)18)6(2)9(10)12/h5,14H,3-4H2,1-2H3. The van der Waals surface area contributed by atoms with Crippen LogP contribution in [0.2, 0.25) is 10.0 Å². The van der Waals surface area contributed by atoms with Crippen LogP contribution in [0.1, 0.15) is 18.9 Å². The molecule has 0 amide bonds. The molecule has 20 heavy (non-hydrogen) atoms. The average molecular weight is 381 g/mol. The van der Waals surface area contributed by atoms with Crippen LogP contribution in [-0.2, 0) is 19.1 Å². The molecule has 114 valence electrons. The summed E-state index contributed by atoms with van der Waals surface area (Å²) < 4.78 is 48.4. The third-order valence-electron chi connectivity index (χ3n) is 2.41. The van der Waals surface area contributed by atoms with E-state index in [2.05, 4.69) is 4.72 Å². The number of benzene rings is 1. The number of hydrogen-bond acceptors (Lipinski definition) is 4. The first-order valence-corrected chi connectivity index (χ1v) is 10.1. The summed E-state index contributed by atoms with van der Waals surface area (Å²) in [7, 11) is -2.36. The number of nitrogens with one attached hydrogen (secondary N) is 1. The highest BCUT2D eigenvalue weighted by molar-refractivity contribution is 8.13. The molecule has 10 heteroatoms. The molecular formula is C10H12Cl3NO4S2. The fraction of sp³-hybridized carbons (Fsp3) is 0.400. The SMILES string of the molecule is CCCS(=O)(=O)Nc1c(Cl)cc(S(=O)(=O)Cl)c(C)c1Cl. The minimum absolute atomic E-state index is 0.0525. The topological polar surface area (TPSA) is 80.3 Å². The van der Waals surface area contributed by atoms with Crippen molar-refractivity contribution in [1.82, 2.24) is 0 Å². The second-order valence-electron chi connectivity index (χ2n) is 4.03. The number of sulfonamides is 1. The molecule has 1 rings (SSSR count). The Kier molecular flexibility index (Phi) is 5.60. The van der Waals surface area contributed by atoms with Crippen LogP contribution in [-0.4, -0.2) is 22.6 Å². The van der Waals surface area contributed by atoms with E-state index < -0.39 is 19.1 Å². The van der Waals surface area contributed by atoms with Crippen molar-refractivity contribution in [2.45, 2.75) is 25.2 Å². The van der Waals surface area contributed by atoms with E-state index in [1.165, 1.54) is 6.92 Å². The summed E-state index contributed by atoms with van der Waals surface area (Å²) in [5.74, 6) is -0.103. The van der Waals surface area contributed by atoms with Crippen LogP contribution in [0.25, 0.3) is 0 Å². The van der Waals surface area contributed by atoms with Crippen LogP contribution in [0.4, 0.5) is 5.69 Å².